The van der Waals surface area contributed by atoms with Gasteiger partial charge in [-0.25, -0.2) is 0 Å². The van der Waals surface area contributed by atoms with Crippen molar-refractivity contribution >= 4 is 35.2 Å². The second-order valence-electron chi connectivity index (χ2n) is 6.95. The lowest BCUT2D eigenvalue weighted by Gasteiger charge is -2.29. The predicted octanol–water partition coefficient (Wildman–Crippen LogP) is 2.51. The second kappa shape index (κ2) is 8.31. The van der Waals surface area contributed by atoms with Crippen LogP contribution < -0.4 is 10.6 Å². The number of alkyl halides is 2. The molecule has 1 fully saturated rings. The fourth-order valence-electron chi connectivity index (χ4n) is 3.23. The molecule has 4 rings (SSSR count). The summed E-state index contributed by atoms with van der Waals surface area (Å²) in [4.78, 5) is 50.2. The highest BCUT2D eigenvalue weighted by molar-refractivity contribution is 6.30. The van der Waals surface area contributed by atoms with E-state index in [9.17, 15) is 28.0 Å². The molecule has 1 saturated heterocycles. The number of carbonyl (C=O) groups excluding carboxylic acids is 4. The molecule has 7 nitrogen and oxygen atoms in total. The summed E-state index contributed by atoms with van der Waals surface area (Å²) in [7, 11) is 0. The van der Waals surface area contributed by atoms with E-state index in [1.807, 2.05) is 5.32 Å². The monoisotopic (exact) mass is 467 g/mol. The number of imide groups is 1. The van der Waals surface area contributed by atoms with Crippen LogP contribution in [0.5, 0.6) is 0 Å². The number of nitrogens with zero attached hydrogens (tertiary/aromatic N) is 1. The Balaban J connectivity index is 1.64. The number of hydrogen-bond donors (Lipinski definition) is 2. The highest BCUT2D eigenvalue weighted by Crippen LogP contribution is 2.30. The maximum atomic E-state index is 14.8. The maximum absolute atomic E-state index is 14.8. The van der Waals surface area contributed by atoms with Crippen LogP contribution in [0.1, 0.15) is 46.7 Å². The Bertz CT molecular complexity index is 1380. The van der Waals surface area contributed by atoms with Gasteiger partial charge in [-0.3, -0.25) is 24.5 Å². The Kier molecular flexibility index (Phi) is 4.02. The number of piperidine rings is 1. The molecule has 2 aliphatic heterocycles. The molecule has 0 unspecified atom stereocenters. The number of nitrogens with one attached hydrogen (secondary N) is 2. The summed E-state index contributed by atoms with van der Waals surface area (Å²) in [5.74, 6) is -9.73. The van der Waals surface area contributed by atoms with Crippen molar-refractivity contribution in [2.75, 3.05) is 0 Å². The maximum Gasteiger partial charge on any atom is 0.349 e. The second-order valence-corrected chi connectivity index (χ2v) is 7.39. The van der Waals surface area contributed by atoms with E-state index in [2.05, 4.69) is 0 Å². The van der Waals surface area contributed by atoms with E-state index >= 15 is 0 Å². The van der Waals surface area contributed by atoms with Crippen LogP contribution in [0.4, 0.5) is 8.78 Å². The Morgan fingerprint density at radius 3 is 2.72 bits per heavy atom. The molecule has 2 N–H and O–H groups in total. The van der Waals surface area contributed by atoms with Gasteiger partial charge in [-0.15, -0.1) is 0 Å². The summed E-state index contributed by atoms with van der Waals surface area (Å²) in [5, 5.41) is 1.43. The molecular weight excluding hydrogens is 444 g/mol. The molecule has 2 heterocycles. The molecule has 2 aromatic rings. The first kappa shape index (κ1) is 15.5. The van der Waals surface area contributed by atoms with Gasteiger partial charge in [0.25, 0.3) is 11.8 Å². The van der Waals surface area contributed by atoms with E-state index in [0.717, 1.165) is 42.5 Å². The number of fused-ring (bicyclic) bond motifs is 1. The normalized spacial score (nSPS) is 25.5. The van der Waals surface area contributed by atoms with Crippen LogP contribution in [-0.2, 0) is 33.3 Å². The van der Waals surface area contributed by atoms with Crippen LogP contribution in [0.25, 0.3) is 0 Å². The van der Waals surface area contributed by atoms with Gasteiger partial charge >= 0.3 is 5.92 Å². The highest BCUT2D eigenvalue weighted by Gasteiger charge is 2.41. The molecular formula is C22H18ClF2N3O4. The molecule has 0 bridgehead atoms. The summed E-state index contributed by atoms with van der Waals surface area (Å²) >= 11 is 5.68. The van der Waals surface area contributed by atoms with Gasteiger partial charge in [0, 0.05) is 38.4 Å². The van der Waals surface area contributed by atoms with E-state index in [1.54, 1.807) is 0 Å². The van der Waals surface area contributed by atoms with E-state index < -0.39 is 77.8 Å². The molecule has 2 aromatic carbocycles. The standard InChI is InChI=1S/C22H18ClF2N3O4/c23-15-4-2-14(3-5-15)22(24,25)21(32)26-10-12-1-6-16-13(9-12)11-28(20(16)31)17-7-8-18(29)27-19(17)30/h1-6,9,17H,7-8,10-11H2,(H,26,32)(H,27,29,30)/t17-/m0/s1/i7D2,10D2,17D/hD. The zero-order chi connectivity index (χ0) is 28.4. The summed E-state index contributed by atoms with van der Waals surface area (Å²) in [6.07, 6.45) is -3.63. The summed E-state index contributed by atoms with van der Waals surface area (Å²) in [5.41, 5.74) is -1.42. The smallest absolute Gasteiger partial charge is 0.346 e. The molecule has 32 heavy (non-hydrogen) atoms. The number of benzene rings is 2. The summed E-state index contributed by atoms with van der Waals surface area (Å²) in [6.45, 7) is -3.68. The first-order chi connectivity index (χ1) is 17.4. The Morgan fingerprint density at radius 1 is 1.31 bits per heavy atom. The predicted molar refractivity (Wildman–Crippen MR) is 110 cm³/mol. The molecule has 1 atom stereocenters. The first-order valence-corrected chi connectivity index (χ1v) is 9.59. The third-order valence-corrected chi connectivity index (χ3v) is 5.08. The lowest BCUT2D eigenvalue weighted by molar-refractivity contribution is -0.147. The van der Waals surface area contributed by atoms with Gasteiger partial charge < -0.3 is 10.2 Å². The van der Waals surface area contributed by atoms with Gasteiger partial charge in [-0.2, -0.15) is 8.78 Å². The largest absolute Gasteiger partial charge is 0.349 e. The van der Waals surface area contributed by atoms with Gasteiger partial charge in [-0.05, 0) is 35.7 Å². The highest BCUT2D eigenvalue weighted by atomic mass is 35.5. The molecule has 166 valence electrons. The molecule has 0 saturated carbocycles. The van der Waals surface area contributed by atoms with Crippen molar-refractivity contribution in [2.45, 2.75) is 37.8 Å². The Morgan fingerprint density at radius 2 is 2.03 bits per heavy atom. The minimum atomic E-state index is -4.28. The van der Waals surface area contributed by atoms with Gasteiger partial charge in [0.1, 0.15) is 6.02 Å². The summed E-state index contributed by atoms with van der Waals surface area (Å²) < 4.78 is 78.6. The molecule has 2 aliphatic rings. The van der Waals surface area contributed by atoms with Crippen LogP contribution in [-0.4, -0.2) is 34.5 Å². The minimum Gasteiger partial charge on any atom is -0.346 e. The molecule has 0 radical (unpaired) electrons. The van der Waals surface area contributed by atoms with Crippen LogP contribution >= 0.6 is 11.6 Å². The number of halogens is 3. The van der Waals surface area contributed by atoms with Gasteiger partial charge in [-0.1, -0.05) is 35.9 Å². The lowest BCUT2D eigenvalue weighted by atomic mass is 10.0. The van der Waals surface area contributed by atoms with Crippen molar-refractivity contribution in [1.82, 2.24) is 15.5 Å². The van der Waals surface area contributed by atoms with Crippen molar-refractivity contribution in [3.63, 3.8) is 0 Å². The van der Waals surface area contributed by atoms with Gasteiger partial charge in [0.2, 0.25) is 11.8 Å². The Hall–Kier alpha value is -3.33. The van der Waals surface area contributed by atoms with Gasteiger partial charge in [0.15, 0.2) is 1.41 Å². The average molecular weight is 468 g/mol. The van der Waals surface area contributed by atoms with E-state index in [0.29, 0.717) is 4.90 Å². The van der Waals surface area contributed by atoms with E-state index in [1.165, 1.54) is 0 Å². The number of carbonyl (C=O) groups is 4. The lowest BCUT2D eigenvalue weighted by Crippen LogP contribution is -2.52. The topological polar surface area (TPSA) is 95.6 Å². The van der Waals surface area contributed by atoms with Crippen LogP contribution in [0.15, 0.2) is 42.5 Å². The number of hydrogen-bond acceptors (Lipinski definition) is 4. The zero-order valence-corrected chi connectivity index (χ0v) is 16.9. The van der Waals surface area contributed by atoms with Crippen LogP contribution in [0.3, 0.4) is 0 Å². The fraction of sp³-hybridized carbons (Fsp3) is 0.273. The van der Waals surface area contributed by atoms with Crippen molar-refractivity contribution in [3.05, 3.63) is 69.7 Å². The Labute approximate surface area is 195 Å². The first-order valence-electron chi connectivity index (χ1n) is 12.2. The fourth-order valence-corrected chi connectivity index (χ4v) is 3.36. The van der Waals surface area contributed by atoms with E-state index in [-0.39, 0.29) is 16.1 Å². The van der Waals surface area contributed by atoms with Crippen molar-refractivity contribution in [1.29, 1.82) is 0 Å². The van der Waals surface area contributed by atoms with Crippen LogP contribution in [0, 0.1) is 0 Å². The van der Waals surface area contributed by atoms with Gasteiger partial charge in [0.05, 0.1) is 4.11 Å². The number of amides is 4. The molecule has 0 aliphatic carbocycles. The van der Waals surface area contributed by atoms with Crippen molar-refractivity contribution in [3.8, 4) is 0 Å². The third-order valence-electron chi connectivity index (χ3n) is 4.83. The molecule has 0 aromatic heterocycles. The molecule has 0 spiro atoms. The SMILES string of the molecule is [2H]N(C(=O)C(F)(F)c1ccc(Cl)cc1)C([2H])([2H])c1ccc2c(c1)CN([C@]1([2H])C(=O)NC(=O)CC1([2H])[2H])C2=O. The van der Waals surface area contributed by atoms with Crippen molar-refractivity contribution in [2.24, 2.45) is 0 Å². The average Bonchev–Trinajstić information content (AvgIpc) is 3.17. The van der Waals surface area contributed by atoms with E-state index in [4.69, 9.17) is 19.9 Å². The minimum absolute atomic E-state index is 0.00573. The summed E-state index contributed by atoms with van der Waals surface area (Å²) in [6, 6.07) is 4.15. The van der Waals surface area contributed by atoms with Crippen LogP contribution in [0.2, 0.25) is 6.43 Å². The zero-order valence-electron chi connectivity index (χ0n) is 22.1. The third kappa shape index (κ3) is 4.08. The molecule has 4 amide bonds. The van der Waals surface area contributed by atoms with Crippen molar-refractivity contribution < 1.29 is 36.2 Å². The molecule has 10 heteroatoms. The number of rotatable bonds is 5. The quantitative estimate of drug-likeness (QED) is 0.660.